The van der Waals surface area contributed by atoms with E-state index in [4.69, 9.17) is 12.2 Å². The van der Waals surface area contributed by atoms with E-state index in [1.54, 1.807) is 0 Å². The van der Waals surface area contributed by atoms with Crippen molar-refractivity contribution in [2.75, 3.05) is 5.32 Å². The number of benzene rings is 2. The van der Waals surface area contributed by atoms with Gasteiger partial charge in [0.05, 0.1) is 0 Å². The number of nitrogens with zero attached hydrogens (tertiary/aromatic N) is 3. The molecule has 0 aliphatic rings. The maximum Gasteiger partial charge on any atom is 0.175 e. The van der Waals surface area contributed by atoms with Crippen LogP contribution in [0.25, 0.3) is 0 Å². The summed E-state index contributed by atoms with van der Waals surface area (Å²) in [6.45, 7) is 3.46. The highest BCUT2D eigenvalue weighted by atomic mass is 32.1. The van der Waals surface area contributed by atoms with Crippen molar-refractivity contribution in [2.45, 2.75) is 20.0 Å². The van der Waals surface area contributed by atoms with Gasteiger partial charge in [0.1, 0.15) is 5.82 Å². The number of hydrogen-bond donors (Lipinski definition) is 1. The molecule has 4 nitrogen and oxygen atoms in total. The summed E-state index contributed by atoms with van der Waals surface area (Å²) in [4.78, 5) is 6.64. The van der Waals surface area contributed by atoms with E-state index < -0.39 is 0 Å². The predicted octanol–water partition coefficient (Wildman–Crippen LogP) is 4.13. The minimum Gasteiger partial charge on any atom is -0.340 e. The van der Waals surface area contributed by atoms with E-state index >= 15 is 0 Å². The van der Waals surface area contributed by atoms with Crippen LogP contribution in [0, 0.1) is 6.92 Å². The van der Waals surface area contributed by atoms with Gasteiger partial charge in [0.15, 0.2) is 10.9 Å². The number of aromatic nitrogens is 2. The minimum absolute atomic E-state index is 0.672. The molecule has 3 aromatic rings. The molecule has 0 saturated carbocycles. The van der Waals surface area contributed by atoms with Crippen LogP contribution in [0.3, 0.4) is 0 Å². The van der Waals surface area contributed by atoms with Gasteiger partial charge in [-0.15, -0.1) is 0 Å². The first kappa shape index (κ1) is 17.2. The van der Waals surface area contributed by atoms with Crippen LogP contribution in [-0.2, 0) is 20.1 Å². The van der Waals surface area contributed by atoms with Crippen molar-refractivity contribution in [1.82, 2.24) is 14.5 Å². The molecule has 0 spiro atoms. The van der Waals surface area contributed by atoms with Gasteiger partial charge >= 0.3 is 0 Å². The number of anilines is 1. The Hall–Kier alpha value is -2.66. The van der Waals surface area contributed by atoms with E-state index in [1.807, 2.05) is 36.9 Å². The number of thiocarbonyl (C=S) groups is 1. The third-order valence-electron chi connectivity index (χ3n) is 4.06. The predicted molar refractivity (Wildman–Crippen MR) is 106 cm³/mol. The van der Waals surface area contributed by atoms with Crippen LogP contribution in [-0.4, -0.2) is 19.6 Å². The monoisotopic (exact) mass is 350 g/mol. The third kappa shape index (κ3) is 4.67. The Labute approximate surface area is 154 Å². The Morgan fingerprint density at radius 1 is 1.00 bits per heavy atom. The summed E-state index contributed by atoms with van der Waals surface area (Å²) >= 11 is 5.67. The molecule has 0 aliphatic heterocycles. The van der Waals surface area contributed by atoms with Crippen molar-refractivity contribution >= 4 is 23.1 Å². The molecule has 0 aliphatic carbocycles. The average molecular weight is 350 g/mol. The fourth-order valence-electron chi connectivity index (χ4n) is 2.61. The molecular formula is C20H22N4S. The summed E-state index contributed by atoms with van der Waals surface area (Å²) in [5.74, 6) is 1.72. The number of aryl methyl sites for hydroxylation is 2. The van der Waals surface area contributed by atoms with Crippen LogP contribution in [0.5, 0.6) is 0 Å². The van der Waals surface area contributed by atoms with Crippen molar-refractivity contribution in [3.8, 4) is 0 Å². The molecule has 0 fully saturated rings. The summed E-state index contributed by atoms with van der Waals surface area (Å²) in [7, 11) is 1.97. The summed E-state index contributed by atoms with van der Waals surface area (Å²) < 4.78 is 1.98. The molecule has 25 heavy (non-hydrogen) atoms. The fraction of sp³-hybridized carbons (Fsp3) is 0.200. The lowest BCUT2D eigenvalue weighted by Gasteiger charge is -2.25. The van der Waals surface area contributed by atoms with Crippen molar-refractivity contribution in [2.24, 2.45) is 7.05 Å². The lowest BCUT2D eigenvalue weighted by molar-refractivity contribution is 0.413. The standard InChI is InChI=1S/C20H22N4S/c1-16-21-19(15-23(16)2)22-20(25)24(13-17-9-5-3-6-10-17)14-18-11-7-4-8-12-18/h3-12,15H,13-14H2,1-2H3,(H,22,25). The first-order chi connectivity index (χ1) is 12.1. The number of rotatable bonds is 5. The van der Waals surface area contributed by atoms with Crippen LogP contribution in [0.1, 0.15) is 17.0 Å². The van der Waals surface area contributed by atoms with E-state index in [-0.39, 0.29) is 0 Å². The Kier molecular flexibility index (Phi) is 5.46. The summed E-state index contributed by atoms with van der Waals surface area (Å²) in [6, 6.07) is 20.7. The molecule has 1 N–H and O–H groups in total. The van der Waals surface area contributed by atoms with E-state index in [1.165, 1.54) is 11.1 Å². The maximum atomic E-state index is 5.67. The van der Waals surface area contributed by atoms with Gasteiger partial charge in [0.2, 0.25) is 0 Å². The van der Waals surface area contributed by atoms with Gasteiger partial charge < -0.3 is 14.8 Å². The van der Waals surface area contributed by atoms with E-state index in [0.29, 0.717) is 5.11 Å². The van der Waals surface area contributed by atoms with Crippen LogP contribution in [0.4, 0.5) is 5.82 Å². The third-order valence-corrected chi connectivity index (χ3v) is 4.42. The van der Waals surface area contributed by atoms with E-state index in [0.717, 1.165) is 24.7 Å². The van der Waals surface area contributed by atoms with Gasteiger partial charge in [-0.05, 0) is 30.3 Å². The Morgan fingerprint density at radius 3 is 1.96 bits per heavy atom. The quantitative estimate of drug-likeness (QED) is 0.702. The minimum atomic E-state index is 0.672. The molecule has 128 valence electrons. The summed E-state index contributed by atoms with van der Waals surface area (Å²) in [5, 5.41) is 3.94. The summed E-state index contributed by atoms with van der Waals surface area (Å²) in [6.07, 6.45) is 1.95. The van der Waals surface area contributed by atoms with Gasteiger partial charge in [0, 0.05) is 26.3 Å². The smallest absolute Gasteiger partial charge is 0.175 e. The second kappa shape index (κ2) is 7.94. The number of nitrogens with one attached hydrogen (secondary N) is 1. The van der Waals surface area contributed by atoms with Gasteiger partial charge in [-0.2, -0.15) is 0 Å². The molecular weight excluding hydrogens is 328 g/mol. The highest BCUT2D eigenvalue weighted by Gasteiger charge is 2.13. The van der Waals surface area contributed by atoms with Gasteiger partial charge in [0.25, 0.3) is 0 Å². The molecule has 1 heterocycles. The first-order valence-corrected chi connectivity index (χ1v) is 8.66. The highest BCUT2D eigenvalue weighted by molar-refractivity contribution is 7.80. The maximum absolute atomic E-state index is 5.67. The van der Waals surface area contributed by atoms with Crippen LogP contribution in [0.15, 0.2) is 66.9 Å². The zero-order valence-corrected chi connectivity index (χ0v) is 15.3. The first-order valence-electron chi connectivity index (χ1n) is 8.25. The second-order valence-electron chi connectivity index (χ2n) is 6.04. The molecule has 0 amide bonds. The molecule has 0 saturated heterocycles. The van der Waals surface area contributed by atoms with Crippen molar-refractivity contribution in [1.29, 1.82) is 0 Å². The molecule has 2 aromatic carbocycles. The number of hydrogen-bond acceptors (Lipinski definition) is 2. The molecule has 0 radical (unpaired) electrons. The van der Waals surface area contributed by atoms with Crippen LogP contribution < -0.4 is 5.32 Å². The van der Waals surface area contributed by atoms with E-state index in [9.17, 15) is 0 Å². The van der Waals surface area contributed by atoms with Crippen molar-refractivity contribution in [3.05, 3.63) is 83.8 Å². The molecule has 0 bridgehead atoms. The average Bonchev–Trinajstić information content (AvgIpc) is 2.93. The molecule has 1 aromatic heterocycles. The fourth-order valence-corrected chi connectivity index (χ4v) is 2.85. The zero-order chi connectivity index (χ0) is 17.6. The van der Waals surface area contributed by atoms with Gasteiger partial charge in [-0.3, -0.25) is 0 Å². The molecule has 0 unspecified atom stereocenters. The Morgan fingerprint density at radius 2 is 1.52 bits per heavy atom. The number of imidazole rings is 1. The van der Waals surface area contributed by atoms with Gasteiger partial charge in [-0.1, -0.05) is 60.7 Å². The molecule has 3 rings (SSSR count). The normalized spacial score (nSPS) is 10.5. The van der Waals surface area contributed by atoms with Gasteiger partial charge in [-0.25, -0.2) is 4.98 Å². The van der Waals surface area contributed by atoms with Crippen LogP contribution >= 0.6 is 12.2 Å². The van der Waals surface area contributed by atoms with E-state index in [2.05, 4.69) is 63.7 Å². The SMILES string of the molecule is Cc1nc(NC(=S)N(Cc2ccccc2)Cc2ccccc2)cn1C. The topological polar surface area (TPSA) is 33.1 Å². The lowest BCUT2D eigenvalue weighted by atomic mass is 10.2. The molecule has 0 atom stereocenters. The zero-order valence-electron chi connectivity index (χ0n) is 14.5. The lowest BCUT2D eigenvalue weighted by Crippen LogP contribution is -2.34. The highest BCUT2D eigenvalue weighted by Crippen LogP contribution is 2.13. The Balaban J connectivity index is 1.77. The van der Waals surface area contributed by atoms with Crippen molar-refractivity contribution in [3.63, 3.8) is 0 Å². The largest absolute Gasteiger partial charge is 0.340 e. The Bertz CT molecular complexity index is 766. The van der Waals surface area contributed by atoms with Crippen LogP contribution in [0.2, 0.25) is 0 Å². The van der Waals surface area contributed by atoms with Crippen molar-refractivity contribution < 1.29 is 0 Å². The molecule has 5 heteroatoms. The summed E-state index contributed by atoms with van der Waals surface area (Å²) in [5.41, 5.74) is 2.44. The second-order valence-corrected chi connectivity index (χ2v) is 6.43.